The zero-order chi connectivity index (χ0) is 8.69. The zero-order valence-corrected chi connectivity index (χ0v) is 6.66. The standard InChI is InChI=1S/C8H14O3/c1-3-5-11-8(6-9)7(10)4-2/h3,6-7,9-10H,1,4-5H2,2H3. The van der Waals surface area contributed by atoms with Gasteiger partial charge < -0.3 is 14.9 Å². The van der Waals surface area contributed by atoms with Crippen LogP contribution in [0.25, 0.3) is 0 Å². The van der Waals surface area contributed by atoms with Gasteiger partial charge in [-0.3, -0.25) is 0 Å². The summed E-state index contributed by atoms with van der Waals surface area (Å²) in [6.45, 7) is 5.53. The van der Waals surface area contributed by atoms with E-state index in [1.54, 1.807) is 13.0 Å². The van der Waals surface area contributed by atoms with E-state index in [2.05, 4.69) is 6.58 Å². The normalized spacial score (nSPS) is 14.2. The maximum absolute atomic E-state index is 9.16. The van der Waals surface area contributed by atoms with Gasteiger partial charge in [-0.2, -0.15) is 0 Å². The molecule has 11 heavy (non-hydrogen) atoms. The molecule has 0 saturated heterocycles. The molecule has 0 radical (unpaired) electrons. The molecule has 0 aromatic carbocycles. The van der Waals surface area contributed by atoms with Gasteiger partial charge in [0.1, 0.15) is 19.0 Å². The third kappa shape index (κ3) is 3.68. The number of rotatable bonds is 5. The first kappa shape index (κ1) is 10.0. The SMILES string of the molecule is C=CCOC(=CO)C(O)CC. The van der Waals surface area contributed by atoms with Gasteiger partial charge in [-0.25, -0.2) is 0 Å². The van der Waals surface area contributed by atoms with Crippen LogP contribution in [0.4, 0.5) is 0 Å². The first-order chi connectivity index (χ1) is 5.26. The monoisotopic (exact) mass is 158 g/mol. The summed E-state index contributed by atoms with van der Waals surface area (Å²) >= 11 is 0. The van der Waals surface area contributed by atoms with Gasteiger partial charge in [0.05, 0.1) is 0 Å². The Hall–Kier alpha value is -0.960. The fourth-order valence-corrected chi connectivity index (χ4v) is 0.576. The Balaban J connectivity index is 3.86. The third-order valence-corrected chi connectivity index (χ3v) is 1.21. The van der Waals surface area contributed by atoms with Gasteiger partial charge >= 0.3 is 0 Å². The maximum Gasteiger partial charge on any atom is 0.159 e. The lowest BCUT2D eigenvalue weighted by Crippen LogP contribution is -2.11. The molecule has 0 aliphatic carbocycles. The van der Waals surface area contributed by atoms with E-state index >= 15 is 0 Å². The summed E-state index contributed by atoms with van der Waals surface area (Å²) in [6.07, 6.45) is 2.12. The zero-order valence-electron chi connectivity index (χ0n) is 6.66. The molecule has 0 aliphatic rings. The highest BCUT2D eigenvalue weighted by Gasteiger charge is 2.08. The summed E-state index contributed by atoms with van der Waals surface area (Å²) in [5.74, 6) is 0.187. The van der Waals surface area contributed by atoms with Crippen LogP contribution in [-0.2, 0) is 4.74 Å². The minimum absolute atomic E-state index is 0.187. The van der Waals surface area contributed by atoms with Crippen molar-refractivity contribution < 1.29 is 14.9 Å². The number of hydrogen-bond acceptors (Lipinski definition) is 3. The van der Waals surface area contributed by atoms with E-state index in [0.29, 0.717) is 13.0 Å². The van der Waals surface area contributed by atoms with Crippen molar-refractivity contribution in [1.82, 2.24) is 0 Å². The number of aliphatic hydroxyl groups is 2. The first-order valence-electron chi connectivity index (χ1n) is 3.52. The number of aliphatic hydroxyl groups excluding tert-OH is 2. The van der Waals surface area contributed by atoms with Crippen LogP contribution >= 0.6 is 0 Å². The lowest BCUT2D eigenvalue weighted by molar-refractivity contribution is 0.104. The van der Waals surface area contributed by atoms with Crippen molar-refractivity contribution in [3.63, 3.8) is 0 Å². The van der Waals surface area contributed by atoms with Crippen molar-refractivity contribution in [2.24, 2.45) is 0 Å². The van der Waals surface area contributed by atoms with E-state index in [-0.39, 0.29) is 5.76 Å². The molecule has 1 unspecified atom stereocenters. The minimum atomic E-state index is -0.722. The predicted octanol–water partition coefficient (Wildman–Crippen LogP) is 1.36. The first-order valence-corrected chi connectivity index (χ1v) is 3.52. The Labute approximate surface area is 66.6 Å². The molecule has 3 nitrogen and oxygen atoms in total. The van der Waals surface area contributed by atoms with Gasteiger partial charge in [-0.1, -0.05) is 19.6 Å². The molecule has 0 bridgehead atoms. The van der Waals surface area contributed by atoms with Crippen LogP contribution in [0.3, 0.4) is 0 Å². The average molecular weight is 158 g/mol. The highest BCUT2D eigenvalue weighted by atomic mass is 16.5. The van der Waals surface area contributed by atoms with Gasteiger partial charge in [0, 0.05) is 0 Å². The molecule has 0 fully saturated rings. The topological polar surface area (TPSA) is 49.7 Å². The van der Waals surface area contributed by atoms with Crippen LogP contribution < -0.4 is 0 Å². The maximum atomic E-state index is 9.16. The molecular weight excluding hydrogens is 144 g/mol. The summed E-state index contributed by atoms with van der Waals surface area (Å²) in [5.41, 5.74) is 0. The van der Waals surface area contributed by atoms with Crippen LogP contribution in [0.1, 0.15) is 13.3 Å². The van der Waals surface area contributed by atoms with E-state index in [4.69, 9.17) is 14.9 Å². The van der Waals surface area contributed by atoms with Gasteiger partial charge in [-0.05, 0) is 6.42 Å². The van der Waals surface area contributed by atoms with Gasteiger partial charge in [0.25, 0.3) is 0 Å². The molecule has 3 heteroatoms. The lowest BCUT2D eigenvalue weighted by atomic mass is 10.2. The molecule has 0 aromatic rings. The molecule has 64 valence electrons. The molecule has 0 saturated carbocycles. The Morgan fingerprint density at radius 2 is 2.36 bits per heavy atom. The molecular formula is C8H14O3. The molecule has 0 aliphatic heterocycles. The second-order valence-corrected chi connectivity index (χ2v) is 2.06. The van der Waals surface area contributed by atoms with Gasteiger partial charge in [0.2, 0.25) is 0 Å². The quantitative estimate of drug-likeness (QED) is 0.469. The highest BCUT2D eigenvalue weighted by Crippen LogP contribution is 2.06. The predicted molar refractivity (Wildman–Crippen MR) is 43.2 cm³/mol. The number of ether oxygens (including phenoxy) is 1. The van der Waals surface area contributed by atoms with Crippen molar-refractivity contribution in [2.75, 3.05) is 6.61 Å². The Kier molecular flexibility index (Phi) is 5.29. The molecule has 0 amide bonds. The van der Waals surface area contributed by atoms with Crippen molar-refractivity contribution in [2.45, 2.75) is 19.4 Å². The summed E-state index contributed by atoms with van der Waals surface area (Å²) in [7, 11) is 0. The van der Waals surface area contributed by atoms with Crippen LogP contribution in [0, 0.1) is 0 Å². The second kappa shape index (κ2) is 5.80. The Morgan fingerprint density at radius 3 is 2.73 bits per heavy atom. The summed E-state index contributed by atoms with van der Waals surface area (Å²) in [5, 5.41) is 17.7. The Morgan fingerprint density at radius 1 is 1.73 bits per heavy atom. The smallest absolute Gasteiger partial charge is 0.159 e. The summed E-state index contributed by atoms with van der Waals surface area (Å²) in [6, 6.07) is 0. The van der Waals surface area contributed by atoms with E-state index in [9.17, 15) is 0 Å². The number of hydrogen-bond donors (Lipinski definition) is 2. The fraction of sp³-hybridized carbons (Fsp3) is 0.500. The molecule has 1 atom stereocenters. The van der Waals surface area contributed by atoms with E-state index in [0.717, 1.165) is 6.26 Å². The van der Waals surface area contributed by atoms with Crippen molar-refractivity contribution in [3.8, 4) is 0 Å². The summed E-state index contributed by atoms with van der Waals surface area (Å²) in [4.78, 5) is 0. The van der Waals surface area contributed by atoms with Crippen molar-refractivity contribution >= 4 is 0 Å². The average Bonchev–Trinajstić information content (AvgIpc) is 2.05. The summed E-state index contributed by atoms with van der Waals surface area (Å²) < 4.78 is 4.94. The van der Waals surface area contributed by atoms with Crippen LogP contribution in [-0.4, -0.2) is 22.9 Å². The molecule has 0 rings (SSSR count). The lowest BCUT2D eigenvalue weighted by Gasteiger charge is -2.11. The third-order valence-electron chi connectivity index (χ3n) is 1.21. The van der Waals surface area contributed by atoms with Crippen LogP contribution in [0.5, 0.6) is 0 Å². The van der Waals surface area contributed by atoms with Crippen LogP contribution in [0.2, 0.25) is 0 Å². The van der Waals surface area contributed by atoms with Gasteiger partial charge in [-0.15, -0.1) is 0 Å². The molecule has 2 N–H and O–H groups in total. The van der Waals surface area contributed by atoms with Gasteiger partial charge in [0.15, 0.2) is 5.76 Å². The van der Waals surface area contributed by atoms with E-state index in [1.165, 1.54) is 0 Å². The van der Waals surface area contributed by atoms with Crippen LogP contribution in [0.15, 0.2) is 24.7 Å². The Bertz CT molecular complexity index is 140. The molecule has 0 spiro atoms. The van der Waals surface area contributed by atoms with E-state index < -0.39 is 6.10 Å². The fourth-order valence-electron chi connectivity index (χ4n) is 0.576. The molecule has 0 heterocycles. The molecule has 0 aromatic heterocycles. The van der Waals surface area contributed by atoms with Crippen molar-refractivity contribution in [3.05, 3.63) is 24.7 Å². The highest BCUT2D eigenvalue weighted by molar-refractivity contribution is 4.94. The van der Waals surface area contributed by atoms with E-state index in [1.807, 2.05) is 0 Å². The largest absolute Gasteiger partial charge is 0.512 e. The second-order valence-electron chi connectivity index (χ2n) is 2.06. The minimum Gasteiger partial charge on any atom is -0.512 e. The van der Waals surface area contributed by atoms with Crippen molar-refractivity contribution in [1.29, 1.82) is 0 Å².